The molecule has 0 spiro atoms. The molecule has 0 unspecified atom stereocenters. The lowest BCUT2D eigenvalue weighted by Crippen LogP contribution is -2.19. The summed E-state index contributed by atoms with van der Waals surface area (Å²) >= 11 is 7.50. The van der Waals surface area contributed by atoms with Gasteiger partial charge in [-0.05, 0) is 38.4 Å². The first-order valence-electron chi connectivity index (χ1n) is 9.85. The van der Waals surface area contributed by atoms with Crippen LogP contribution in [0.5, 0.6) is 11.5 Å². The summed E-state index contributed by atoms with van der Waals surface area (Å²) in [5, 5.41) is 6.79. The fraction of sp³-hybridized carbons (Fsp3) is 0.217. The van der Waals surface area contributed by atoms with E-state index in [0.717, 1.165) is 17.7 Å². The zero-order valence-electron chi connectivity index (χ0n) is 17.8. The van der Waals surface area contributed by atoms with E-state index in [4.69, 9.17) is 25.5 Å². The number of nitrogens with one attached hydrogen (secondary N) is 1. The number of nitrogens with zero attached hydrogens (tertiary/aromatic N) is 2. The van der Waals surface area contributed by atoms with E-state index in [0.29, 0.717) is 45.0 Å². The van der Waals surface area contributed by atoms with Gasteiger partial charge in [-0.1, -0.05) is 23.7 Å². The van der Waals surface area contributed by atoms with Crippen LogP contribution in [0, 0.1) is 0 Å². The number of halogens is 1. The summed E-state index contributed by atoms with van der Waals surface area (Å²) in [6.45, 7) is 1.38. The molecular weight excluding hydrogens is 450 g/mol. The van der Waals surface area contributed by atoms with Gasteiger partial charge in [0.2, 0.25) is 0 Å². The minimum atomic E-state index is -0.490. The van der Waals surface area contributed by atoms with Crippen molar-refractivity contribution in [3.63, 3.8) is 0 Å². The number of para-hydroxylation sites is 1. The number of fused-ring (bicyclic) bond motifs is 1. The first-order chi connectivity index (χ1) is 15.4. The lowest BCUT2D eigenvalue weighted by molar-refractivity contribution is 0.261. The maximum absolute atomic E-state index is 12.5. The second-order valence-electron chi connectivity index (χ2n) is 7.28. The maximum atomic E-state index is 12.5. The van der Waals surface area contributed by atoms with Gasteiger partial charge in [0.05, 0.1) is 29.1 Å². The minimum Gasteiger partial charge on any atom is -0.495 e. The summed E-state index contributed by atoms with van der Waals surface area (Å²) in [7, 11) is 5.59. The van der Waals surface area contributed by atoms with Crippen molar-refractivity contribution in [3.8, 4) is 22.8 Å². The number of aromatic nitrogens is 1. The van der Waals surface area contributed by atoms with Gasteiger partial charge in [0.25, 0.3) is 0 Å². The number of rotatable bonds is 8. The molecule has 4 rings (SSSR count). The SMILES string of the molecule is COc1ccc(OCCN(C)C)cc1Nc1nc(-c2cc3cccc(Cl)c3oc2=O)cs1. The fourth-order valence-electron chi connectivity index (χ4n) is 3.08. The molecule has 0 bridgehead atoms. The molecule has 1 N–H and O–H groups in total. The predicted octanol–water partition coefficient (Wildman–Crippen LogP) is 5.26. The number of hydrogen-bond donors (Lipinski definition) is 1. The number of methoxy groups -OCH3 is 1. The molecule has 9 heteroatoms. The minimum absolute atomic E-state index is 0.368. The van der Waals surface area contributed by atoms with Gasteiger partial charge in [0.15, 0.2) is 10.7 Å². The van der Waals surface area contributed by atoms with E-state index in [1.165, 1.54) is 11.3 Å². The highest BCUT2D eigenvalue weighted by atomic mass is 35.5. The number of anilines is 2. The number of ether oxygens (including phenoxy) is 2. The molecule has 0 aliphatic heterocycles. The van der Waals surface area contributed by atoms with Crippen LogP contribution in [-0.2, 0) is 0 Å². The van der Waals surface area contributed by atoms with Crippen LogP contribution < -0.4 is 20.4 Å². The summed E-state index contributed by atoms with van der Waals surface area (Å²) in [6.07, 6.45) is 0. The highest BCUT2D eigenvalue weighted by Crippen LogP contribution is 2.34. The molecule has 32 heavy (non-hydrogen) atoms. The van der Waals surface area contributed by atoms with Gasteiger partial charge in [-0.15, -0.1) is 11.3 Å². The van der Waals surface area contributed by atoms with Crippen molar-refractivity contribution >= 4 is 44.7 Å². The average Bonchev–Trinajstić information content (AvgIpc) is 3.22. The van der Waals surface area contributed by atoms with Crippen molar-refractivity contribution in [2.24, 2.45) is 0 Å². The second-order valence-corrected chi connectivity index (χ2v) is 8.55. The average molecular weight is 472 g/mol. The Kier molecular flexibility index (Phi) is 6.64. The molecule has 7 nitrogen and oxygen atoms in total. The van der Waals surface area contributed by atoms with E-state index in [1.54, 1.807) is 24.6 Å². The van der Waals surface area contributed by atoms with E-state index in [1.807, 2.05) is 44.4 Å². The Morgan fingerprint density at radius 2 is 2.06 bits per heavy atom. The largest absolute Gasteiger partial charge is 0.495 e. The lowest BCUT2D eigenvalue weighted by atomic mass is 10.1. The molecule has 2 heterocycles. The second kappa shape index (κ2) is 9.60. The van der Waals surface area contributed by atoms with Crippen molar-refractivity contribution in [2.75, 3.05) is 39.7 Å². The first-order valence-corrected chi connectivity index (χ1v) is 11.1. The topological polar surface area (TPSA) is 76.8 Å². The van der Waals surface area contributed by atoms with E-state index in [2.05, 4.69) is 15.2 Å². The Hall–Kier alpha value is -3.07. The molecule has 4 aromatic rings. The number of likely N-dealkylation sites (N-methyl/N-ethyl adjacent to an activating group) is 1. The Morgan fingerprint density at radius 1 is 1.22 bits per heavy atom. The molecule has 0 aliphatic carbocycles. The normalized spacial score (nSPS) is 11.2. The monoisotopic (exact) mass is 471 g/mol. The lowest BCUT2D eigenvalue weighted by Gasteiger charge is -2.14. The molecule has 2 aromatic heterocycles. The van der Waals surface area contributed by atoms with Crippen LogP contribution in [0.1, 0.15) is 0 Å². The van der Waals surface area contributed by atoms with Gasteiger partial charge >= 0.3 is 5.63 Å². The van der Waals surface area contributed by atoms with Crippen LogP contribution in [0.2, 0.25) is 5.02 Å². The Labute approximate surface area is 194 Å². The van der Waals surface area contributed by atoms with Crippen molar-refractivity contribution in [2.45, 2.75) is 0 Å². The van der Waals surface area contributed by atoms with Gasteiger partial charge in [-0.25, -0.2) is 9.78 Å². The van der Waals surface area contributed by atoms with Crippen molar-refractivity contribution in [1.29, 1.82) is 0 Å². The third kappa shape index (κ3) is 4.88. The summed E-state index contributed by atoms with van der Waals surface area (Å²) in [4.78, 5) is 19.1. The standard InChI is InChI=1S/C23H22ClN3O4S/c1-27(2)9-10-30-15-7-8-20(29-3)18(12-15)25-23-26-19(13-32-23)16-11-14-5-4-6-17(24)21(14)31-22(16)28/h4-8,11-13H,9-10H2,1-3H3,(H,25,26). The predicted molar refractivity (Wildman–Crippen MR) is 129 cm³/mol. The van der Waals surface area contributed by atoms with Crippen LogP contribution >= 0.6 is 22.9 Å². The zero-order valence-corrected chi connectivity index (χ0v) is 19.4. The molecule has 0 radical (unpaired) electrons. The summed E-state index contributed by atoms with van der Waals surface area (Å²) in [5.74, 6) is 1.38. The van der Waals surface area contributed by atoms with Crippen molar-refractivity contribution in [1.82, 2.24) is 9.88 Å². The third-order valence-electron chi connectivity index (χ3n) is 4.71. The van der Waals surface area contributed by atoms with Gasteiger partial charge < -0.3 is 24.1 Å². The van der Waals surface area contributed by atoms with Crippen LogP contribution in [0.15, 0.2) is 57.1 Å². The highest BCUT2D eigenvalue weighted by Gasteiger charge is 2.14. The number of benzene rings is 2. The van der Waals surface area contributed by atoms with Crippen LogP contribution in [0.3, 0.4) is 0 Å². The van der Waals surface area contributed by atoms with Gasteiger partial charge in [0, 0.05) is 23.4 Å². The molecule has 2 aromatic carbocycles. The number of thiazole rings is 1. The summed E-state index contributed by atoms with van der Waals surface area (Å²) < 4.78 is 16.7. The molecule has 0 saturated carbocycles. The Balaban J connectivity index is 1.59. The third-order valence-corrected chi connectivity index (χ3v) is 5.77. The van der Waals surface area contributed by atoms with E-state index in [-0.39, 0.29) is 0 Å². The van der Waals surface area contributed by atoms with Gasteiger partial charge in [-0.2, -0.15) is 0 Å². The molecule has 166 valence electrons. The highest BCUT2D eigenvalue weighted by molar-refractivity contribution is 7.14. The Morgan fingerprint density at radius 3 is 2.84 bits per heavy atom. The molecule has 0 atom stereocenters. The summed E-state index contributed by atoms with van der Waals surface area (Å²) in [6, 6.07) is 12.6. The van der Waals surface area contributed by atoms with Gasteiger partial charge in [-0.3, -0.25) is 0 Å². The maximum Gasteiger partial charge on any atom is 0.345 e. The van der Waals surface area contributed by atoms with Crippen LogP contribution in [-0.4, -0.2) is 44.2 Å². The van der Waals surface area contributed by atoms with E-state index >= 15 is 0 Å². The van der Waals surface area contributed by atoms with Crippen LogP contribution in [0.25, 0.3) is 22.2 Å². The molecule has 0 fully saturated rings. The molecule has 0 aliphatic rings. The van der Waals surface area contributed by atoms with E-state index in [9.17, 15) is 4.79 Å². The van der Waals surface area contributed by atoms with Crippen molar-refractivity contribution < 1.29 is 13.9 Å². The number of hydrogen-bond acceptors (Lipinski definition) is 8. The quantitative estimate of drug-likeness (QED) is 0.351. The zero-order chi connectivity index (χ0) is 22.7. The molecular formula is C23H22ClN3O4S. The first kappa shape index (κ1) is 22.1. The van der Waals surface area contributed by atoms with Crippen LogP contribution in [0.4, 0.5) is 10.8 Å². The smallest absolute Gasteiger partial charge is 0.345 e. The molecule has 0 amide bonds. The summed E-state index contributed by atoms with van der Waals surface area (Å²) in [5.41, 5.74) is 1.49. The molecule has 0 saturated heterocycles. The van der Waals surface area contributed by atoms with Crippen molar-refractivity contribution in [3.05, 3.63) is 63.3 Å². The van der Waals surface area contributed by atoms with Gasteiger partial charge in [0.1, 0.15) is 18.1 Å². The van der Waals surface area contributed by atoms with E-state index < -0.39 is 5.63 Å². The Bertz CT molecular complexity index is 1300. The fourth-order valence-corrected chi connectivity index (χ4v) is 4.02.